The van der Waals surface area contributed by atoms with Gasteiger partial charge in [0.15, 0.2) is 0 Å². The van der Waals surface area contributed by atoms with E-state index in [2.05, 4.69) is 5.32 Å². The highest BCUT2D eigenvalue weighted by Crippen LogP contribution is 2.53. The van der Waals surface area contributed by atoms with E-state index in [9.17, 15) is 4.79 Å². The minimum atomic E-state index is -0.308. The van der Waals surface area contributed by atoms with Crippen LogP contribution in [0, 0.1) is 6.92 Å². The second kappa shape index (κ2) is 8.94. The number of rotatable bonds is 5. The molecule has 3 atom stereocenters. The van der Waals surface area contributed by atoms with Crippen LogP contribution in [0.3, 0.4) is 0 Å². The summed E-state index contributed by atoms with van der Waals surface area (Å²) in [7, 11) is 3.41. The predicted molar refractivity (Wildman–Crippen MR) is 125 cm³/mol. The van der Waals surface area contributed by atoms with Gasteiger partial charge in [0.1, 0.15) is 23.4 Å². The first-order valence-electron chi connectivity index (χ1n) is 11.5. The summed E-state index contributed by atoms with van der Waals surface area (Å²) < 4.78 is 23.6. The third-order valence-electron chi connectivity index (χ3n) is 6.84. The quantitative estimate of drug-likeness (QED) is 0.519. The van der Waals surface area contributed by atoms with Gasteiger partial charge in [0.05, 0.1) is 32.2 Å². The summed E-state index contributed by atoms with van der Waals surface area (Å²) in [5.41, 5.74) is 4.41. The molecule has 1 fully saturated rings. The van der Waals surface area contributed by atoms with Gasteiger partial charge in [0.2, 0.25) is 0 Å². The first-order chi connectivity index (χ1) is 16.1. The largest absolute Gasteiger partial charge is 0.496 e. The van der Waals surface area contributed by atoms with E-state index in [4.69, 9.17) is 18.6 Å². The standard InChI is InChI=1S/C27H29NO5/c1-16-19(13-14-32-16)27(29)28-18-8-6-7-17(15-18)26-25-23(31-3)12-11-22(30-2)24(25)20-9-4-5-10-21(20)33-26/h6-8,11-15,20-21,26H,4-5,9-10H2,1-3H3,(H,28,29)/t20-,21+,26-/m1/s1. The smallest absolute Gasteiger partial charge is 0.259 e. The van der Waals surface area contributed by atoms with Crippen LogP contribution in [0.25, 0.3) is 0 Å². The van der Waals surface area contributed by atoms with Crippen molar-refractivity contribution in [3.05, 3.63) is 76.7 Å². The minimum Gasteiger partial charge on any atom is -0.496 e. The van der Waals surface area contributed by atoms with Gasteiger partial charge in [-0.15, -0.1) is 0 Å². The van der Waals surface area contributed by atoms with Crippen LogP contribution in [0.15, 0.2) is 53.1 Å². The lowest BCUT2D eigenvalue weighted by atomic mass is 9.75. The fourth-order valence-corrected chi connectivity index (χ4v) is 5.28. The molecule has 0 radical (unpaired) electrons. The normalized spacial score (nSPS) is 21.6. The molecule has 0 unspecified atom stereocenters. The van der Waals surface area contributed by atoms with Crippen molar-refractivity contribution in [3.63, 3.8) is 0 Å². The van der Waals surface area contributed by atoms with Crippen LogP contribution in [0.4, 0.5) is 5.69 Å². The van der Waals surface area contributed by atoms with Crippen LogP contribution >= 0.6 is 0 Å². The Bertz CT molecular complexity index is 1170. The molecule has 1 aliphatic heterocycles. The molecule has 6 heteroatoms. The Morgan fingerprint density at radius 1 is 1.00 bits per heavy atom. The summed E-state index contributed by atoms with van der Waals surface area (Å²) in [4.78, 5) is 12.7. The van der Waals surface area contributed by atoms with Crippen molar-refractivity contribution in [2.45, 2.75) is 50.7 Å². The Balaban J connectivity index is 1.55. The molecule has 0 bridgehead atoms. The van der Waals surface area contributed by atoms with Crippen molar-refractivity contribution in [1.29, 1.82) is 0 Å². The van der Waals surface area contributed by atoms with Gasteiger partial charge >= 0.3 is 0 Å². The van der Waals surface area contributed by atoms with Crippen molar-refractivity contribution in [2.75, 3.05) is 19.5 Å². The fraction of sp³-hybridized carbons (Fsp3) is 0.370. The van der Waals surface area contributed by atoms with E-state index in [1.165, 1.54) is 18.2 Å². The Labute approximate surface area is 193 Å². The molecule has 1 aromatic heterocycles. The number of furan rings is 1. The van der Waals surface area contributed by atoms with Crippen LogP contribution in [0.1, 0.15) is 70.5 Å². The number of ether oxygens (including phenoxy) is 3. The Hall–Kier alpha value is -3.25. The van der Waals surface area contributed by atoms with Gasteiger partial charge in [-0.05, 0) is 55.7 Å². The number of carbonyl (C=O) groups excluding carboxylic acids is 1. The third-order valence-corrected chi connectivity index (χ3v) is 6.84. The zero-order chi connectivity index (χ0) is 22.9. The van der Waals surface area contributed by atoms with Crippen LogP contribution < -0.4 is 14.8 Å². The predicted octanol–water partition coefficient (Wildman–Crippen LogP) is 6.00. The summed E-state index contributed by atoms with van der Waals surface area (Å²) in [5, 5.41) is 2.99. The topological polar surface area (TPSA) is 69.9 Å². The molecule has 1 saturated carbocycles. The molecule has 2 aliphatic rings. The van der Waals surface area contributed by atoms with E-state index < -0.39 is 0 Å². The van der Waals surface area contributed by atoms with Gasteiger partial charge < -0.3 is 23.9 Å². The second-order valence-corrected chi connectivity index (χ2v) is 8.71. The fourth-order valence-electron chi connectivity index (χ4n) is 5.28. The van der Waals surface area contributed by atoms with E-state index in [0.29, 0.717) is 22.9 Å². The lowest BCUT2D eigenvalue weighted by Crippen LogP contribution is -2.34. The Morgan fingerprint density at radius 3 is 2.48 bits per heavy atom. The number of hydrogen-bond donors (Lipinski definition) is 1. The van der Waals surface area contributed by atoms with Crippen molar-refractivity contribution in [3.8, 4) is 11.5 Å². The molecule has 2 heterocycles. The summed E-state index contributed by atoms with van der Waals surface area (Å²) >= 11 is 0. The maximum atomic E-state index is 12.7. The number of hydrogen-bond acceptors (Lipinski definition) is 5. The van der Waals surface area contributed by atoms with E-state index >= 15 is 0 Å². The zero-order valence-electron chi connectivity index (χ0n) is 19.2. The monoisotopic (exact) mass is 447 g/mol. The lowest BCUT2D eigenvalue weighted by Gasteiger charge is -2.42. The molecular weight excluding hydrogens is 418 g/mol. The van der Waals surface area contributed by atoms with Crippen LogP contribution in [0.5, 0.6) is 11.5 Å². The molecule has 6 nitrogen and oxygen atoms in total. The highest BCUT2D eigenvalue weighted by Gasteiger charge is 2.41. The van der Waals surface area contributed by atoms with E-state index in [0.717, 1.165) is 41.9 Å². The molecule has 0 saturated heterocycles. The molecule has 33 heavy (non-hydrogen) atoms. The molecule has 172 valence electrons. The first-order valence-corrected chi connectivity index (χ1v) is 11.5. The van der Waals surface area contributed by atoms with Gasteiger partial charge in [-0.25, -0.2) is 0 Å². The van der Waals surface area contributed by atoms with Gasteiger partial charge in [0, 0.05) is 22.7 Å². The Kier molecular flexibility index (Phi) is 5.85. The Morgan fingerprint density at radius 2 is 1.76 bits per heavy atom. The molecule has 5 rings (SSSR count). The third kappa shape index (κ3) is 3.89. The SMILES string of the molecule is COc1ccc(OC)c2c1[C@@H](c1cccc(NC(=O)c3ccoc3C)c1)O[C@H]1CCCC[C@@H]21. The van der Waals surface area contributed by atoms with Crippen molar-refractivity contribution >= 4 is 11.6 Å². The average molecular weight is 448 g/mol. The minimum absolute atomic E-state index is 0.129. The van der Waals surface area contributed by atoms with Crippen LogP contribution in [0.2, 0.25) is 0 Å². The number of amides is 1. The van der Waals surface area contributed by atoms with E-state index in [1.807, 2.05) is 36.4 Å². The highest BCUT2D eigenvalue weighted by atomic mass is 16.5. The molecule has 2 aromatic carbocycles. The number of nitrogens with one attached hydrogen (secondary N) is 1. The van der Waals surface area contributed by atoms with Crippen molar-refractivity contribution in [2.24, 2.45) is 0 Å². The molecule has 3 aromatic rings. The van der Waals surface area contributed by atoms with Gasteiger partial charge in [-0.3, -0.25) is 4.79 Å². The highest BCUT2D eigenvalue weighted by molar-refractivity contribution is 6.04. The summed E-state index contributed by atoms with van der Waals surface area (Å²) in [6, 6.07) is 13.5. The summed E-state index contributed by atoms with van der Waals surface area (Å²) in [5.74, 6) is 2.37. The van der Waals surface area contributed by atoms with Gasteiger partial charge in [-0.2, -0.15) is 0 Å². The second-order valence-electron chi connectivity index (χ2n) is 8.71. The first kappa shape index (κ1) is 21.6. The maximum absolute atomic E-state index is 12.7. The number of benzene rings is 2. The van der Waals surface area contributed by atoms with Gasteiger partial charge in [0.25, 0.3) is 5.91 Å². The number of anilines is 1. The molecular formula is C27H29NO5. The average Bonchev–Trinajstić information content (AvgIpc) is 3.28. The van der Waals surface area contributed by atoms with Crippen LogP contribution in [-0.2, 0) is 4.74 Å². The summed E-state index contributed by atoms with van der Waals surface area (Å²) in [6.45, 7) is 1.78. The van der Waals surface area contributed by atoms with Crippen LogP contribution in [-0.4, -0.2) is 26.2 Å². The number of fused-ring (bicyclic) bond motifs is 3. The van der Waals surface area contributed by atoms with Crippen molar-refractivity contribution < 1.29 is 23.4 Å². The zero-order valence-corrected chi connectivity index (χ0v) is 19.2. The number of methoxy groups -OCH3 is 2. The lowest BCUT2D eigenvalue weighted by molar-refractivity contribution is -0.0406. The molecule has 0 spiro atoms. The molecule has 1 amide bonds. The molecule has 1 aliphatic carbocycles. The number of carbonyl (C=O) groups is 1. The van der Waals surface area contributed by atoms with E-state index in [1.54, 1.807) is 27.2 Å². The van der Waals surface area contributed by atoms with Gasteiger partial charge in [-0.1, -0.05) is 25.0 Å². The molecule has 1 N–H and O–H groups in total. The van der Waals surface area contributed by atoms with Crippen molar-refractivity contribution in [1.82, 2.24) is 0 Å². The summed E-state index contributed by atoms with van der Waals surface area (Å²) in [6.07, 6.45) is 5.79. The maximum Gasteiger partial charge on any atom is 0.259 e. The van der Waals surface area contributed by atoms with E-state index in [-0.39, 0.29) is 18.1 Å². The number of aryl methyl sites for hydroxylation is 1.